The van der Waals surface area contributed by atoms with Crippen molar-refractivity contribution in [1.29, 1.82) is 0 Å². The quantitative estimate of drug-likeness (QED) is 0.440. The van der Waals surface area contributed by atoms with E-state index in [1.807, 2.05) is 0 Å². The summed E-state index contributed by atoms with van der Waals surface area (Å²) >= 11 is 0. The van der Waals surface area contributed by atoms with E-state index in [2.05, 4.69) is 13.8 Å². The van der Waals surface area contributed by atoms with Crippen LogP contribution in [0.5, 0.6) is 0 Å². The zero-order valence-electron chi connectivity index (χ0n) is 7.04. The molecule has 62 valence electrons. The Morgan fingerprint density at radius 2 is 2.00 bits per heavy atom. The highest BCUT2D eigenvalue weighted by Crippen LogP contribution is 2.03. The number of nitrogens with two attached hydrogens (primary N) is 1. The topological polar surface area (TPSA) is 49.5 Å². The van der Waals surface area contributed by atoms with Gasteiger partial charge < -0.3 is 5.11 Å². The van der Waals surface area contributed by atoms with Crippen molar-refractivity contribution in [3.63, 3.8) is 0 Å². The van der Waals surface area contributed by atoms with Crippen LogP contribution in [0.15, 0.2) is 0 Å². The lowest BCUT2D eigenvalue weighted by Crippen LogP contribution is -2.34. The Kier molecular flexibility index (Phi) is 4.60. The molecule has 0 fully saturated rings. The fraction of sp³-hybridized carbons (Fsp3) is 1.00. The minimum atomic E-state index is -0.282. The van der Waals surface area contributed by atoms with E-state index in [1.165, 1.54) is 5.01 Å². The van der Waals surface area contributed by atoms with Gasteiger partial charge in [0.2, 0.25) is 0 Å². The van der Waals surface area contributed by atoms with Gasteiger partial charge in [-0.25, -0.2) is 5.01 Å². The van der Waals surface area contributed by atoms with Crippen LogP contribution in [0.25, 0.3) is 0 Å². The molecule has 0 aromatic heterocycles. The Labute approximate surface area is 62.8 Å². The molecule has 0 heterocycles. The molecule has 0 aromatic carbocycles. The van der Waals surface area contributed by atoms with Gasteiger partial charge in [0, 0.05) is 13.6 Å². The number of aliphatic hydroxyl groups excluding tert-OH is 1. The molecule has 1 atom stereocenters. The molecule has 0 aliphatic heterocycles. The van der Waals surface area contributed by atoms with Crippen molar-refractivity contribution < 1.29 is 5.11 Å². The lowest BCUT2D eigenvalue weighted by Gasteiger charge is -2.16. The first kappa shape index (κ1) is 9.88. The second-order valence-corrected chi connectivity index (χ2v) is 3.22. The average molecular weight is 146 g/mol. The van der Waals surface area contributed by atoms with Crippen LogP contribution in [0.1, 0.15) is 20.3 Å². The fourth-order valence-corrected chi connectivity index (χ4v) is 0.951. The van der Waals surface area contributed by atoms with E-state index in [4.69, 9.17) is 5.84 Å². The summed E-state index contributed by atoms with van der Waals surface area (Å²) in [6.45, 7) is 4.72. The Morgan fingerprint density at radius 1 is 1.50 bits per heavy atom. The summed E-state index contributed by atoms with van der Waals surface area (Å²) in [5, 5.41) is 10.8. The van der Waals surface area contributed by atoms with E-state index in [0.29, 0.717) is 12.5 Å². The number of hydrazine groups is 1. The number of hydrogen-bond acceptors (Lipinski definition) is 3. The predicted octanol–water partition coefficient (Wildman–Crippen LogP) is 0.199. The first-order valence-corrected chi connectivity index (χ1v) is 3.66. The van der Waals surface area contributed by atoms with E-state index < -0.39 is 0 Å². The number of likely N-dealkylation sites (N-methyl/N-ethyl adjacent to an activating group) is 1. The molecule has 0 bridgehead atoms. The van der Waals surface area contributed by atoms with Gasteiger partial charge in [-0.15, -0.1) is 0 Å². The van der Waals surface area contributed by atoms with E-state index in [-0.39, 0.29) is 6.10 Å². The third-order valence-electron chi connectivity index (χ3n) is 1.24. The number of rotatable bonds is 4. The Hall–Kier alpha value is -0.120. The maximum atomic E-state index is 9.27. The van der Waals surface area contributed by atoms with Gasteiger partial charge in [-0.2, -0.15) is 0 Å². The molecule has 0 aliphatic rings. The second-order valence-electron chi connectivity index (χ2n) is 3.22. The third-order valence-corrected chi connectivity index (χ3v) is 1.24. The summed E-state index contributed by atoms with van der Waals surface area (Å²) < 4.78 is 0. The molecule has 0 amide bonds. The van der Waals surface area contributed by atoms with Crippen LogP contribution in [0.4, 0.5) is 0 Å². The van der Waals surface area contributed by atoms with Crippen molar-refractivity contribution in [3.05, 3.63) is 0 Å². The van der Waals surface area contributed by atoms with Gasteiger partial charge in [-0.3, -0.25) is 5.84 Å². The zero-order chi connectivity index (χ0) is 8.15. The lowest BCUT2D eigenvalue weighted by molar-refractivity contribution is 0.107. The van der Waals surface area contributed by atoms with Crippen LogP contribution in [0.2, 0.25) is 0 Å². The maximum absolute atomic E-state index is 9.27. The molecular weight excluding hydrogens is 128 g/mol. The smallest absolute Gasteiger partial charge is 0.0683 e. The Balaban J connectivity index is 3.34. The zero-order valence-corrected chi connectivity index (χ0v) is 7.04. The van der Waals surface area contributed by atoms with Crippen LogP contribution in [0.3, 0.4) is 0 Å². The molecule has 3 nitrogen and oxygen atoms in total. The highest BCUT2D eigenvalue weighted by atomic mass is 16.3. The van der Waals surface area contributed by atoms with Gasteiger partial charge in [-0.1, -0.05) is 13.8 Å². The molecule has 0 saturated heterocycles. The highest BCUT2D eigenvalue weighted by molar-refractivity contribution is 4.59. The third kappa shape index (κ3) is 6.01. The van der Waals surface area contributed by atoms with Crippen molar-refractivity contribution in [1.82, 2.24) is 5.01 Å². The van der Waals surface area contributed by atoms with Gasteiger partial charge >= 0.3 is 0 Å². The van der Waals surface area contributed by atoms with Gasteiger partial charge in [0.05, 0.1) is 6.10 Å². The maximum Gasteiger partial charge on any atom is 0.0683 e. The molecule has 0 radical (unpaired) electrons. The molecule has 10 heavy (non-hydrogen) atoms. The molecule has 0 aliphatic carbocycles. The molecular formula is C7H18N2O. The second kappa shape index (κ2) is 4.66. The molecule has 0 aromatic rings. The summed E-state index contributed by atoms with van der Waals surface area (Å²) in [5.41, 5.74) is 0. The molecule has 0 saturated carbocycles. The summed E-state index contributed by atoms with van der Waals surface area (Å²) in [6.07, 6.45) is 0.539. The monoisotopic (exact) mass is 146 g/mol. The van der Waals surface area contributed by atoms with Crippen molar-refractivity contribution in [2.75, 3.05) is 13.6 Å². The largest absolute Gasteiger partial charge is 0.392 e. The Morgan fingerprint density at radius 3 is 2.30 bits per heavy atom. The number of hydrogen-bond donors (Lipinski definition) is 2. The van der Waals surface area contributed by atoms with E-state index in [0.717, 1.165) is 6.42 Å². The minimum Gasteiger partial charge on any atom is -0.392 e. The highest BCUT2D eigenvalue weighted by Gasteiger charge is 2.07. The van der Waals surface area contributed by atoms with Crippen molar-refractivity contribution in [2.24, 2.45) is 11.8 Å². The molecule has 1 unspecified atom stereocenters. The SMILES string of the molecule is CC(C)CC(O)CN(C)N. The normalized spacial score (nSPS) is 14.7. The summed E-state index contributed by atoms with van der Waals surface area (Å²) in [7, 11) is 1.75. The number of nitrogens with zero attached hydrogens (tertiary/aromatic N) is 1. The van der Waals surface area contributed by atoms with Gasteiger partial charge in [-0.05, 0) is 12.3 Å². The van der Waals surface area contributed by atoms with E-state index in [1.54, 1.807) is 7.05 Å². The van der Waals surface area contributed by atoms with Crippen molar-refractivity contribution >= 4 is 0 Å². The molecule has 3 N–H and O–H groups in total. The number of aliphatic hydroxyl groups is 1. The summed E-state index contributed by atoms with van der Waals surface area (Å²) in [4.78, 5) is 0. The fourth-order valence-electron chi connectivity index (χ4n) is 0.951. The van der Waals surface area contributed by atoms with Crippen molar-refractivity contribution in [3.8, 4) is 0 Å². The van der Waals surface area contributed by atoms with Gasteiger partial charge in [0.1, 0.15) is 0 Å². The summed E-state index contributed by atoms with van der Waals surface area (Å²) in [5.74, 6) is 5.88. The standard InChI is InChI=1S/C7H18N2O/c1-6(2)4-7(10)5-9(3)8/h6-7,10H,4-5,8H2,1-3H3. The summed E-state index contributed by atoms with van der Waals surface area (Å²) in [6, 6.07) is 0. The van der Waals surface area contributed by atoms with Gasteiger partial charge in [0.25, 0.3) is 0 Å². The van der Waals surface area contributed by atoms with Crippen LogP contribution in [0, 0.1) is 5.92 Å². The van der Waals surface area contributed by atoms with E-state index >= 15 is 0 Å². The predicted molar refractivity (Wildman–Crippen MR) is 42.3 cm³/mol. The van der Waals surface area contributed by atoms with Crippen LogP contribution in [-0.4, -0.2) is 29.8 Å². The van der Waals surface area contributed by atoms with Crippen LogP contribution < -0.4 is 5.84 Å². The first-order chi connectivity index (χ1) is 4.52. The van der Waals surface area contributed by atoms with Gasteiger partial charge in [0.15, 0.2) is 0 Å². The van der Waals surface area contributed by atoms with E-state index in [9.17, 15) is 5.11 Å². The lowest BCUT2D eigenvalue weighted by atomic mass is 10.1. The van der Waals surface area contributed by atoms with Crippen LogP contribution >= 0.6 is 0 Å². The average Bonchev–Trinajstić information content (AvgIpc) is 1.58. The first-order valence-electron chi connectivity index (χ1n) is 3.66. The molecule has 3 heteroatoms. The van der Waals surface area contributed by atoms with Crippen molar-refractivity contribution in [2.45, 2.75) is 26.4 Å². The van der Waals surface area contributed by atoms with Crippen LogP contribution in [-0.2, 0) is 0 Å². The molecule has 0 rings (SSSR count). The minimum absolute atomic E-state index is 0.282. The Bertz CT molecular complexity index is 73.7. The molecule has 0 spiro atoms.